The number of anilines is 1. The second-order valence-corrected chi connectivity index (χ2v) is 3.90. The number of benzene rings is 1. The number of carbonyl (C=O) groups is 2. The van der Waals surface area contributed by atoms with Crippen LogP contribution in [0.2, 0.25) is 0 Å². The number of amides is 2. The first-order valence-electron chi connectivity index (χ1n) is 6.15. The molecule has 0 saturated heterocycles. The van der Waals surface area contributed by atoms with Gasteiger partial charge in [-0.05, 0) is 31.2 Å². The van der Waals surface area contributed by atoms with Crippen LogP contribution in [0.5, 0.6) is 0 Å². The molecule has 0 bridgehead atoms. The fraction of sp³-hybridized carbons (Fsp3) is 0.385. The van der Waals surface area contributed by atoms with Crippen molar-refractivity contribution < 1.29 is 23.8 Å². The van der Waals surface area contributed by atoms with Crippen LogP contribution in [-0.4, -0.2) is 43.4 Å². The minimum atomic E-state index is -1.06. The maximum atomic E-state index is 12.8. The Bertz CT molecular complexity index is 450. The number of halogens is 1. The van der Waals surface area contributed by atoms with E-state index >= 15 is 0 Å². The number of aliphatic carboxylic acids is 1. The Morgan fingerprint density at radius 1 is 1.35 bits per heavy atom. The van der Waals surface area contributed by atoms with Crippen molar-refractivity contribution in [2.24, 2.45) is 0 Å². The summed E-state index contributed by atoms with van der Waals surface area (Å²) in [6.07, 6.45) is 0. The second kappa shape index (κ2) is 8.11. The quantitative estimate of drug-likeness (QED) is 0.743. The number of rotatable bonds is 7. The zero-order valence-corrected chi connectivity index (χ0v) is 11.1. The molecule has 1 aromatic carbocycles. The zero-order chi connectivity index (χ0) is 15.0. The SMILES string of the molecule is CCN(C(=O)NCCOCC(=O)O)c1ccc(F)cc1. The maximum absolute atomic E-state index is 12.8. The van der Waals surface area contributed by atoms with Crippen molar-refractivity contribution in [2.45, 2.75) is 6.92 Å². The van der Waals surface area contributed by atoms with Crippen LogP contribution in [0.3, 0.4) is 0 Å². The number of hydrogen-bond donors (Lipinski definition) is 2. The van der Waals surface area contributed by atoms with Crippen LogP contribution < -0.4 is 10.2 Å². The van der Waals surface area contributed by atoms with Crippen LogP contribution in [-0.2, 0) is 9.53 Å². The van der Waals surface area contributed by atoms with Crippen LogP contribution >= 0.6 is 0 Å². The van der Waals surface area contributed by atoms with Crippen LogP contribution in [0, 0.1) is 5.82 Å². The van der Waals surface area contributed by atoms with E-state index in [-0.39, 0.29) is 25.0 Å². The molecule has 0 aromatic heterocycles. The van der Waals surface area contributed by atoms with E-state index in [1.807, 2.05) is 0 Å². The number of nitrogens with one attached hydrogen (secondary N) is 1. The molecule has 1 aromatic rings. The molecule has 0 aliphatic heterocycles. The normalized spacial score (nSPS) is 10.1. The summed E-state index contributed by atoms with van der Waals surface area (Å²) in [6, 6.07) is 5.24. The molecule has 7 heteroatoms. The van der Waals surface area contributed by atoms with Gasteiger partial charge in [0.2, 0.25) is 0 Å². The number of carboxylic acids is 1. The summed E-state index contributed by atoms with van der Waals surface area (Å²) >= 11 is 0. The highest BCUT2D eigenvalue weighted by Gasteiger charge is 2.13. The Morgan fingerprint density at radius 2 is 2.00 bits per heavy atom. The van der Waals surface area contributed by atoms with Crippen LogP contribution in [0.1, 0.15) is 6.92 Å². The van der Waals surface area contributed by atoms with Crippen molar-refractivity contribution in [1.29, 1.82) is 0 Å². The smallest absolute Gasteiger partial charge is 0.329 e. The fourth-order valence-electron chi connectivity index (χ4n) is 1.55. The lowest BCUT2D eigenvalue weighted by atomic mass is 10.3. The number of urea groups is 1. The Morgan fingerprint density at radius 3 is 2.55 bits per heavy atom. The lowest BCUT2D eigenvalue weighted by molar-refractivity contribution is -0.142. The highest BCUT2D eigenvalue weighted by molar-refractivity contribution is 5.91. The Kier molecular flexibility index (Phi) is 6.45. The zero-order valence-electron chi connectivity index (χ0n) is 11.1. The van der Waals surface area contributed by atoms with Gasteiger partial charge >= 0.3 is 12.0 Å². The van der Waals surface area contributed by atoms with Crippen LogP contribution in [0.4, 0.5) is 14.9 Å². The molecule has 2 N–H and O–H groups in total. The van der Waals surface area contributed by atoms with Gasteiger partial charge in [-0.1, -0.05) is 0 Å². The molecule has 0 spiro atoms. The third-order valence-electron chi connectivity index (χ3n) is 2.45. The van der Waals surface area contributed by atoms with Gasteiger partial charge in [0.05, 0.1) is 6.61 Å². The molecule has 1 rings (SSSR count). The van der Waals surface area contributed by atoms with Gasteiger partial charge in [0, 0.05) is 18.8 Å². The van der Waals surface area contributed by atoms with Gasteiger partial charge in [-0.2, -0.15) is 0 Å². The molecule has 0 fully saturated rings. The Hall–Kier alpha value is -2.15. The number of hydrogen-bond acceptors (Lipinski definition) is 3. The van der Waals surface area contributed by atoms with E-state index in [9.17, 15) is 14.0 Å². The standard InChI is InChI=1S/C13H17FN2O4/c1-2-16(11-5-3-10(14)4-6-11)13(19)15-7-8-20-9-12(17)18/h3-6H,2,7-9H2,1H3,(H,15,19)(H,17,18). The fourth-order valence-corrected chi connectivity index (χ4v) is 1.55. The van der Waals surface area contributed by atoms with E-state index in [0.717, 1.165) is 0 Å². The molecule has 6 nitrogen and oxygen atoms in total. The molecule has 0 heterocycles. The van der Waals surface area contributed by atoms with Gasteiger partial charge < -0.3 is 15.2 Å². The molecule has 0 saturated carbocycles. The number of ether oxygens (including phenoxy) is 1. The third kappa shape index (κ3) is 5.23. The lowest BCUT2D eigenvalue weighted by Gasteiger charge is -2.21. The van der Waals surface area contributed by atoms with Crippen molar-refractivity contribution in [2.75, 3.05) is 31.2 Å². The topological polar surface area (TPSA) is 78.9 Å². The molecule has 0 aliphatic rings. The molecular formula is C13H17FN2O4. The predicted octanol–water partition coefficient (Wildman–Crippen LogP) is 1.46. The first-order valence-corrected chi connectivity index (χ1v) is 6.15. The highest BCUT2D eigenvalue weighted by atomic mass is 19.1. The van der Waals surface area contributed by atoms with Crippen molar-refractivity contribution in [3.63, 3.8) is 0 Å². The van der Waals surface area contributed by atoms with E-state index < -0.39 is 12.6 Å². The lowest BCUT2D eigenvalue weighted by Crippen LogP contribution is -2.41. The highest BCUT2D eigenvalue weighted by Crippen LogP contribution is 2.14. The van der Waals surface area contributed by atoms with Gasteiger partial charge in [0.15, 0.2) is 0 Å². The molecule has 0 radical (unpaired) electrons. The van der Waals surface area contributed by atoms with Gasteiger partial charge in [0.1, 0.15) is 12.4 Å². The summed E-state index contributed by atoms with van der Waals surface area (Å²) in [5.41, 5.74) is 0.581. The summed E-state index contributed by atoms with van der Waals surface area (Å²) in [6.45, 7) is 2.13. The minimum absolute atomic E-state index is 0.110. The number of carbonyl (C=O) groups excluding carboxylic acids is 1. The molecule has 20 heavy (non-hydrogen) atoms. The molecular weight excluding hydrogens is 267 g/mol. The first-order chi connectivity index (χ1) is 9.54. The molecule has 2 amide bonds. The Labute approximate surface area is 116 Å². The maximum Gasteiger partial charge on any atom is 0.329 e. The van der Waals surface area contributed by atoms with E-state index in [1.165, 1.54) is 29.2 Å². The number of nitrogens with zero attached hydrogens (tertiary/aromatic N) is 1. The van der Waals surface area contributed by atoms with Crippen molar-refractivity contribution in [1.82, 2.24) is 5.32 Å². The summed E-state index contributed by atoms with van der Waals surface area (Å²) < 4.78 is 17.6. The second-order valence-electron chi connectivity index (χ2n) is 3.90. The molecule has 0 atom stereocenters. The van der Waals surface area contributed by atoms with E-state index in [0.29, 0.717) is 12.2 Å². The van der Waals surface area contributed by atoms with E-state index in [2.05, 4.69) is 5.32 Å². The van der Waals surface area contributed by atoms with E-state index in [4.69, 9.17) is 9.84 Å². The number of carboxylic acid groups (broad SMARTS) is 1. The summed E-state index contributed by atoms with van der Waals surface area (Å²) in [5, 5.41) is 11.0. The average Bonchev–Trinajstić information content (AvgIpc) is 2.41. The first kappa shape index (κ1) is 15.9. The van der Waals surface area contributed by atoms with Gasteiger partial charge in [-0.15, -0.1) is 0 Å². The van der Waals surface area contributed by atoms with Crippen molar-refractivity contribution >= 4 is 17.7 Å². The largest absolute Gasteiger partial charge is 0.480 e. The van der Waals surface area contributed by atoms with E-state index in [1.54, 1.807) is 6.92 Å². The average molecular weight is 284 g/mol. The van der Waals surface area contributed by atoms with Crippen molar-refractivity contribution in [3.8, 4) is 0 Å². The van der Waals surface area contributed by atoms with Crippen molar-refractivity contribution in [3.05, 3.63) is 30.1 Å². The Balaban J connectivity index is 2.43. The summed E-state index contributed by atoms with van der Waals surface area (Å²) in [4.78, 5) is 23.6. The van der Waals surface area contributed by atoms with Gasteiger partial charge in [-0.3, -0.25) is 4.90 Å². The molecule has 0 aliphatic carbocycles. The molecule has 110 valence electrons. The minimum Gasteiger partial charge on any atom is -0.480 e. The summed E-state index contributed by atoms with van der Waals surface area (Å²) in [5.74, 6) is -1.43. The van der Waals surface area contributed by atoms with Crippen LogP contribution in [0.15, 0.2) is 24.3 Å². The van der Waals surface area contributed by atoms with Gasteiger partial charge in [0.25, 0.3) is 0 Å². The molecule has 0 unspecified atom stereocenters. The third-order valence-corrected chi connectivity index (χ3v) is 2.45. The van der Waals surface area contributed by atoms with Gasteiger partial charge in [-0.25, -0.2) is 14.0 Å². The summed E-state index contributed by atoms with van der Waals surface area (Å²) in [7, 11) is 0. The van der Waals surface area contributed by atoms with Crippen LogP contribution in [0.25, 0.3) is 0 Å². The monoisotopic (exact) mass is 284 g/mol. The predicted molar refractivity (Wildman–Crippen MR) is 71.3 cm³/mol.